The predicted octanol–water partition coefficient (Wildman–Crippen LogP) is 1.50. The number of halogens is 1. The van der Waals surface area contributed by atoms with Crippen molar-refractivity contribution in [2.24, 2.45) is 0 Å². The summed E-state index contributed by atoms with van der Waals surface area (Å²) in [7, 11) is 0. The lowest BCUT2D eigenvalue weighted by Gasteiger charge is -2.20. The van der Waals surface area contributed by atoms with Crippen LogP contribution in [0.4, 0.5) is 0 Å². The highest BCUT2D eigenvalue weighted by molar-refractivity contribution is 6.28. The number of rotatable bonds is 1. The Hall–Kier alpha value is -1.03. The standard InChI is InChI=1S/C8H9ClN2O2/c9-8-10-4-6-5(7(12)13)2-1-3-11(6)8/h4-5H,1-3H2,(H,12,13). The molecule has 0 saturated heterocycles. The highest BCUT2D eigenvalue weighted by atomic mass is 35.5. The molecular formula is C8H9ClN2O2. The molecule has 1 aliphatic rings. The van der Waals surface area contributed by atoms with Crippen molar-refractivity contribution >= 4 is 17.6 Å². The Kier molecular flexibility index (Phi) is 2.00. The normalized spacial score (nSPS) is 21.2. The lowest BCUT2D eigenvalue weighted by molar-refractivity contribution is -0.139. The minimum absolute atomic E-state index is 0.390. The van der Waals surface area contributed by atoms with Gasteiger partial charge in [-0.15, -0.1) is 0 Å². The van der Waals surface area contributed by atoms with E-state index in [2.05, 4.69) is 4.98 Å². The van der Waals surface area contributed by atoms with E-state index in [-0.39, 0.29) is 0 Å². The average Bonchev–Trinajstić information content (AvgIpc) is 2.48. The number of imidazole rings is 1. The van der Waals surface area contributed by atoms with E-state index in [4.69, 9.17) is 16.7 Å². The summed E-state index contributed by atoms with van der Waals surface area (Å²) >= 11 is 5.79. The molecule has 0 aliphatic carbocycles. The highest BCUT2D eigenvalue weighted by Gasteiger charge is 2.27. The van der Waals surface area contributed by atoms with Crippen molar-refractivity contribution in [2.45, 2.75) is 25.3 Å². The largest absolute Gasteiger partial charge is 0.481 e. The van der Waals surface area contributed by atoms with Gasteiger partial charge in [0, 0.05) is 6.54 Å². The third-order valence-corrected chi connectivity index (χ3v) is 2.67. The quantitative estimate of drug-likeness (QED) is 0.748. The van der Waals surface area contributed by atoms with E-state index in [0.717, 1.165) is 18.7 Å². The molecule has 1 aromatic rings. The number of hydrogen-bond donors (Lipinski definition) is 1. The van der Waals surface area contributed by atoms with Gasteiger partial charge in [-0.25, -0.2) is 4.98 Å². The molecule has 1 N–H and O–H groups in total. The third kappa shape index (κ3) is 1.31. The maximum atomic E-state index is 10.8. The van der Waals surface area contributed by atoms with Crippen LogP contribution in [-0.2, 0) is 11.3 Å². The summed E-state index contributed by atoms with van der Waals surface area (Å²) < 4.78 is 1.77. The molecule has 2 heterocycles. The van der Waals surface area contributed by atoms with Gasteiger partial charge in [0.25, 0.3) is 0 Å². The van der Waals surface area contributed by atoms with Crippen LogP contribution < -0.4 is 0 Å². The summed E-state index contributed by atoms with van der Waals surface area (Å²) in [5.41, 5.74) is 0.726. The van der Waals surface area contributed by atoms with Crippen LogP contribution in [0.25, 0.3) is 0 Å². The predicted molar refractivity (Wildman–Crippen MR) is 46.8 cm³/mol. The molecule has 0 spiro atoms. The van der Waals surface area contributed by atoms with Crippen molar-refractivity contribution in [3.63, 3.8) is 0 Å². The van der Waals surface area contributed by atoms with E-state index in [0.29, 0.717) is 11.7 Å². The van der Waals surface area contributed by atoms with Gasteiger partial charge in [-0.1, -0.05) is 0 Å². The van der Waals surface area contributed by atoms with Gasteiger partial charge in [0.05, 0.1) is 17.8 Å². The van der Waals surface area contributed by atoms with Crippen molar-refractivity contribution in [1.82, 2.24) is 9.55 Å². The molecule has 1 aliphatic heterocycles. The van der Waals surface area contributed by atoms with Crippen molar-refractivity contribution in [3.05, 3.63) is 17.2 Å². The van der Waals surface area contributed by atoms with Crippen LogP contribution >= 0.6 is 11.6 Å². The van der Waals surface area contributed by atoms with Gasteiger partial charge in [0.15, 0.2) is 0 Å². The van der Waals surface area contributed by atoms with Crippen LogP contribution in [0.3, 0.4) is 0 Å². The van der Waals surface area contributed by atoms with E-state index in [9.17, 15) is 4.79 Å². The summed E-state index contributed by atoms with van der Waals surface area (Å²) in [6, 6.07) is 0. The first-order valence-corrected chi connectivity index (χ1v) is 4.51. The summed E-state index contributed by atoms with van der Waals surface area (Å²) in [6.07, 6.45) is 3.08. The molecule has 1 unspecified atom stereocenters. The maximum Gasteiger partial charge on any atom is 0.312 e. The second-order valence-electron chi connectivity index (χ2n) is 3.14. The fourth-order valence-corrected chi connectivity index (χ4v) is 1.95. The monoisotopic (exact) mass is 200 g/mol. The SMILES string of the molecule is O=C(O)C1CCCn2c1cnc2Cl. The van der Waals surface area contributed by atoms with E-state index in [1.165, 1.54) is 0 Å². The van der Waals surface area contributed by atoms with Gasteiger partial charge >= 0.3 is 5.97 Å². The summed E-state index contributed by atoms with van der Waals surface area (Å²) in [4.78, 5) is 14.7. The highest BCUT2D eigenvalue weighted by Crippen LogP contribution is 2.29. The molecule has 13 heavy (non-hydrogen) atoms. The Morgan fingerprint density at radius 1 is 1.77 bits per heavy atom. The Bertz CT molecular complexity index is 348. The zero-order chi connectivity index (χ0) is 9.42. The average molecular weight is 201 g/mol. The molecule has 1 aromatic heterocycles. The number of carbonyl (C=O) groups is 1. The van der Waals surface area contributed by atoms with Crippen molar-refractivity contribution < 1.29 is 9.90 Å². The first-order chi connectivity index (χ1) is 6.20. The van der Waals surface area contributed by atoms with Crippen LogP contribution in [0.2, 0.25) is 5.28 Å². The smallest absolute Gasteiger partial charge is 0.312 e. The number of hydrogen-bond acceptors (Lipinski definition) is 2. The number of carboxylic acid groups (broad SMARTS) is 1. The topological polar surface area (TPSA) is 55.1 Å². The molecule has 0 radical (unpaired) electrons. The van der Waals surface area contributed by atoms with Gasteiger partial charge < -0.3 is 9.67 Å². The molecule has 0 saturated carbocycles. The summed E-state index contributed by atoms with van der Waals surface area (Å²) in [6.45, 7) is 0.776. The van der Waals surface area contributed by atoms with Crippen LogP contribution in [0.1, 0.15) is 24.5 Å². The number of fused-ring (bicyclic) bond motifs is 1. The van der Waals surface area contributed by atoms with Crippen LogP contribution in [0.15, 0.2) is 6.20 Å². The Morgan fingerprint density at radius 3 is 3.23 bits per heavy atom. The summed E-state index contributed by atoms with van der Waals surface area (Å²) in [5, 5.41) is 9.30. The molecule has 0 fully saturated rings. The van der Waals surface area contributed by atoms with E-state index in [1.807, 2.05) is 0 Å². The van der Waals surface area contributed by atoms with Gasteiger partial charge in [-0.2, -0.15) is 0 Å². The number of aliphatic carboxylic acids is 1. The first-order valence-electron chi connectivity index (χ1n) is 4.14. The fourth-order valence-electron chi connectivity index (χ4n) is 1.72. The third-order valence-electron chi connectivity index (χ3n) is 2.37. The van der Waals surface area contributed by atoms with E-state index in [1.54, 1.807) is 10.8 Å². The summed E-state index contributed by atoms with van der Waals surface area (Å²) in [5.74, 6) is -1.23. The molecule has 1 atom stereocenters. The molecule has 0 amide bonds. The van der Waals surface area contributed by atoms with Crippen LogP contribution in [0.5, 0.6) is 0 Å². The number of nitrogens with zero attached hydrogens (tertiary/aromatic N) is 2. The Balaban J connectivity index is 2.43. The molecule has 4 nitrogen and oxygen atoms in total. The van der Waals surface area contributed by atoms with Crippen molar-refractivity contribution in [2.75, 3.05) is 0 Å². The molecule has 2 rings (SSSR count). The number of carboxylic acids is 1. The Morgan fingerprint density at radius 2 is 2.54 bits per heavy atom. The lowest BCUT2D eigenvalue weighted by atomic mass is 9.97. The second-order valence-corrected chi connectivity index (χ2v) is 3.47. The van der Waals surface area contributed by atoms with Gasteiger partial charge in [0.1, 0.15) is 0 Å². The lowest BCUT2D eigenvalue weighted by Crippen LogP contribution is -2.21. The van der Waals surface area contributed by atoms with Gasteiger partial charge in [0.2, 0.25) is 5.28 Å². The molecule has 0 aromatic carbocycles. The van der Waals surface area contributed by atoms with Crippen molar-refractivity contribution in [1.29, 1.82) is 0 Å². The van der Waals surface area contributed by atoms with Gasteiger partial charge in [-0.05, 0) is 24.4 Å². The maximum absolute atomic E-state index is 10.8. The molecular weight excluding hydrogens is 192 g/mol. The first kappa shape index (κ1) is 8.56. The number of aromatic nitrogens is 2. The van der Waals surface area contributed by atoms with E-state index < -0.39 is 11.9 Å². The second kappa shape index (κ2) is 3.03. The zero-order valence-corrected chi connectivity index (χ0v) is 7.66. The van der Waals surface area contributed by atoms with E-state index >= 15 is 0 Å². The fraction of sp³-hybridized carbons (Fsp3) is 0.500. The molecule has 70 valence electrons. The minimum Gasteiger partial charge on any atom is -0.481 e. The van der Waals surface area contributed by atoms with Crippen LogP contribution in [0, 0.1) is 0 Å². The van der Waals surface area contributed by atoms with Crippen molar-refractivity contribution in [3.8, 4) is 0 Å². The zero-order valence-electron chi connectivity index (χ0n) is 6.90. The Labute approximate surface area is 80.1 Å². The molecule has 0 bridgehead atoms. The van der Waals surface area contributed by atoms with Gasteiger partial charge in [-0.3, -0.25) is 4.79 Å². The minimum atomic E-state index is -0.794. The van der Waals surface area contributed by atoms with Crippen LogP contribution in [-0.4, -0.2) is 20.6 Å². The molecule has 5 heteroatoms.